The van der Waals surface area contributed by atoms with Crippen molar-refractivity contribution in [1.29, 1.82) is 0 Å². The van der Waals surface area contributed by atoms with E-state index < -0.39 is 10.0 Å². The molecule has 26 heavy (non-hydrogen) atoms. The zero-order valence-electron chi connectivity index (χ0n) is 13.6. The second kappa shape index (κ2) is 8.32. The lowest BCUT2D eigenvalue weighted by atomic mass is 10.2. The molecule has 0 saturated heterocycles. The molecule has 1 heterocycles. The predicted octanol–water partition coefficient (Wildman–Crippen LogP) is 3.36. The summed E-state index contributed by atoms with van der Waals surface area (Å²) in [6.07, 6.45) is 1.71. The fourth-order valence-corrected chi connectivity index (χ4v) is 3.44. The van der Waals surface area contributed by atoms with E-state index in [4.69, 9.17) is 4.74 Å². The Labute approximate surface area is 160 Å². The SMILES string of the molecule is O=S(=O)(NCC#CCOc1cccc2cccnc12)c1ccc(Br)cc1. The molecule has 0 unspecified atom stereocenters. The zero-order chi connectivity index (χ0) is 18.4. The summed E-state index contributed by atoms with van der Waals surface area (Å²) in [4.78, 5) is 4.50. The van der Waals surface area contributed by atoms with Crippen molar-refractivity contribution in [3.8, 4) is 17.6 Å². The van der Waals surface area contributed by atoms with E-state index in [0.717, 1.165) is 15.4 Å². The third-order valence-corrected chi connectivity index (χ3v) is 5.44. The molecule has 0 aliphatic carbocycles. The van der Waals surface area contributed by atoms with Crippen LogP contribution in [0.25, 0.3) is 10.9 Å². The fraction of sp³-hybridized carbons (Fsp3) is 0.105. The second-order valence-electron chi connectivity index (χ2n) is 5.25. The summed E-state index contributed by atoms with van der Waals surface area (Å²) in [5.41, 5.74) is 0.771. The van der Waals surface area contributed by atoms with Crippen LogP contribution in [0.3, 0.4) is 0 Å². The lowest BCUT2D eigenvalue weighted by Gasteiger charge is -2.05. The van der Waals surface area contributed by atoms with Crippen LogP contribution < -0.4 is 9.46 Å². The number of rotatable bonds is 5. The number of sulfonamides is 1. The fourth-order valence-electron chi connectivity index (χ4n) is 2.25. The lowest BCUT2D eigenvalue weighted by molar-refractivity contribution is 0.374. The maximum absolute atomic E-state index is 12.1. The van der Waals surface area contributed by atoms with Crippen LogP contribution in [0.1, 0.15) is 0 Å². The Hall–Kier alpha value is -2.40. The van der Waals surface area contributed by atoms with Crippen molar-refractivity contribution in [3.05, 3.63) is 65.3 Å². The number of hydrogen-bond donors (Lipinski definition) is 1. The quantitative estimate of drug-likeness (QED) is 0.630. The second-order valence-corrected chi connectivity index (χ2v) is 7.93. The lowest BCUT2D eigenvalue weighted by Crippen LogP contribution is -2.24. The van der Waals surface area contributed by atoms with Crippen LogP contribution >= 0.6 is 15.9 Å². The summed E-state index contributed by atoms with van der Waals surface area (Å²) in [5, 5.41) is 0.986. The van der Waals surface area contributed by atoms with E-state index in [1.165, 1.54) is 12.1 Å². The van der Waals surface area contributed by atoms with Crippen LogP contribution in [0.15, 0.2) is 70.2 Å². The molecule has 5 nitrogen and oxygen atoms in total. The van der Waals surface area contributed by atoms with E-state index in [0.29, 0.717) is 5.75 Å². The first-order chi connectivity index (χ1) is 12.6. The molecular formula is C19H15BrN2O3S. The van der Waals surface area contributed by atoms with E-state index in [1.54, 1.807) is 18.3 Å². The first kappa shape index (κ1) is 18.4. The number of benzene rings is 2. The molecule has 7 heteroatoms. The van der Waals surface area contributed by atoms with Crippen molar-refractivity contribution in [2.45, 2.75) is 4.90 Å². The molecule has 3 aromatic rings. The Morgan fingerprint density at radius 3 is 2.62 bits per heavy atom. The molecule has 0 atom stereocenters. The van der Waals surface area contributed by atoms with Crippen molar-refractivity contribution < 1.29 is 13.2 Å². The Balaban J connectivity index is 1.55. The summed E-state index contributed by atoms with van der Waals surface area (Å²) in [7, 11) is -3.57. The minimum atomic E-state index is -3.57. The summed E-state index contributed by atoms with van der Waals surface area (Å²) < 4.78 is 33.1. The first-order valence-corrected chi connectivity index (χ1v) is 10.0. The largest absolute Gasteiger partial charge is 0.479 e. The molecule has 1 N–H and O–H groups in total. The van der Waals surface area contributed by atoms with Gasteiger partial charge in [0.2, 0.25) is 10.0 Å². The molecule has 0 spiro atoms. The Morgan fingerprint density at radius 1 is 1.04 bits per heavy atom. The molecule has 0 fully saturated rings. The molecule has 132 valence electrons. The van der Waals surface area contributed by atoms with E-state index in [9.17, 15) is 8.42 Å². The van der Waals surface area contributed by atoms with Gasteiger partial charge in [-0.1, -0.05) is 46.0 Å². The Morgan fingerprint density at radius 2 is 1.81 bits per heavy atom. The van der Waals surface area contributed by atoms with Gasteiger partial charge in [-0.05, 0) is 36.4 Å². The average molecular weight is 431 g/mol. The van der Waals surface area contributed by atoms with Gasteiger partial charge < -0.3 is 4.74 Å². The van der Waals surface area contributed by atoms with Gasteiger partial charge in [-0.25, -0.2) is 8.42 Å². The van der Waals surface area contributed by atoms with Crippen LogP contribution in [-0.2, 0) is 10.0 Å². The van der Waals surface area contributed by atoms with Gasteiger partial charge in [0.1, 0.15) is 17.9 Å². The van der Waals surface area contributed by atoms with Crippen LogP contribution in [0, 0.1) is 11.8 Å². The molecule has 0 amide bonds. The molecule has 0 aliphatic heterocycles. The van der Waals surface area contributed by atoms with Crippen molar-refractivity contribution in [1.82, 2.24) is 9.71 Å². The number of ether oxygens (including phenoxy) is 1. The maximum atomic E-state index is 12.1. The van der Waals surface area contributed by atoms with Gasteiger partial charge in [-0.3, -0.25) is 4.98 Å². The number of nitrogens with one attached hydrogen (secondary N) is 1. The number of hydrogen-bond acceptors (Lipinski definition) is 4. The van der Waals surface area contributed by atoms with E-state index in [1.807, 2.05) is 30.3 Å². The Bertz CT molecular complexity index is 1070. The number of fused-ring (bicyclic) bond motifs is 1. The highest BCUT2D eigenvalue weighted by molar-refractivity contribution is 9.10. The van der Waals surface area contributed by atoms with E-state index in [-0.39, 0.29) is 18.0 Å². The first-order valence-electron chi connectivity index (χ1n) is 7.74. The van der Waals surface area contributed by atoms with Gasteiger partial charge in [-0.15, -0.1) is 0 Å². The number of pyridine rings is 1. The highest BCUT2D eigenvalue weighted by Gasteiger charge is 2.11. The minimum Gasteiger partial charge on any atom is -0.479 e. The normalized spacial score (nSPS) is 11.0. The van der Waals surface area contributed by atoms with Gasteiger partial charge in [0.15, 0.2) is 0 Å². The molecule has 0 saturated carbocycles. The van der Waals surface area contributed by atoms with Gasteiger partial charge in [0.05, 0.1) is 11.4 Å². The summed E-state index contributed by atoms with van der Waals surface area (Å²) in [6, 6.07) is 15.9. The average Bonchev–Trinajstić information content (AvgIpc) is 2.65. The zero-order valence-corrected chi connectivity index (χ0v) is 16.0. The summed E-state index contributed by atoms with van der Waals surface area (Å²) in [6.45, 7) is 0.158. The number of halogens is 1. The van der Waals surface area contributed by atoms with Crippen LogP contribution in [0.2, 0.25) is 0 Å². The van der Waals surface area contributed by atoms with Crippen molar-refractivity contribution in [2.75, 3.05) is 13.2 Å². The van der Waals surface area contributed by atoms with Gasteiger partial charge in [0.25, 0.3) is 0 Å². The van der Waals surface area contributed by atoms with Crippen LogP contribution in [0.4, 0.5) is 0 Å². The number of aromatic nitrogens is 1. The van der Waals surface area contributed by atoms with Crippen molar-refractivity contribution in [2.24, 2.45) is 0 Å². The highest BCUT2D eigenvalue weighted by Crippen LogP contribution is 2.22. The third kappa shape index (κ3) is 4.61. The minimum absolute atomic E-state index is 0.00947. The standard InChI is InChI=1S/C19H15BrN2O3S/c20-16-8-10-17(11-9-16)26(23,24)22-13-1-2-14-25-18-7-3-5-15-6-4-12-21-19(15)18/h3-12,22H,13-14H2. The highest BCUT2D eigenvalue weighted by atomic mass is 79.9. The van der Waals surface area contributed by atoms with Crippen LogP contribution in [0.5, 0.6) is 5.75 Å². The molecule has 0 bridgehead atoms. The van der Waals surface area contributed by atoms with Gasteiger partial charge in [0, 0.05) is 16.1 Å². The third-order valence-electron chi connectivity index (χ3n) is 3.50. The van der Waals surface area contributed by atoms with E-state index >= 15 is 0 Å². The summed E-state index contributed by atoms with van der Waals surface area (Å²) >= 11 is 3.27. The molecule has 0 aliphatic rings. The molecule has 1 aromatic heterocycles. The monoisotopic (exact) mass is 430 g/mol. The molecule has 2 aromatic carbocycles. The molecule has 0 radical (unpaired) electrons. The predicted molar refractivity (Wildman–Crippen MR) is 104 cm³/mol. The Kier molecular flexibility index (Phi) is 5.89. The maximum Gasteiger partial charge on any atom is 0.241 e. The van der Waals surface area contributed by atoms with Crippen molar-refractivity contribution >= 4 is 36.9 Å². The smallest absolute Gasteiger partial charge is 0.241 e. The van der Waals surface area contributed by atoms with Gasteiger partial charge >= 0.3 is 0 Å². The summed E-state index contributed by atoms with van der Waals surface area (Å²) in [5.74, 6) is 6.19. The topological polar surface area (TPSA) is 68.3 Å². The molecular weight excluding hydrogens is 416 g/mol. The van der Waals surface area contributed by atoms with Crippen LogP contribution in [-0.4, -0.2) is 26.6 Å². The van der Waals surface area contributed by atoms with Gasteiger partial charge in [-0.2, -0.15) is 4.72 Å². The number of para-hydroxylation sites is 1. The van der Waals surface area contributed by atoms with E-state index in [2.05, 4.69) is 37.5 Å². The number of nitrogens with zero attached hydrogens (tertiary/aromatic N) is 1. The molecule has 3 rings (SSSR count). The van der Waals surface area contributed by atoms with Crippen molar-refractivity contribution in [3.63, 3.8) is 0 Å².